The number of rotatable bonds is 19. The first-order valence-corrected chi connectivity index (χ1v) is 13.3. The maximum Gasteiger partial charge on any atom is 0.328 e. The molecule has 0 heterocycles. The number of aliphatic carboxylic acids is 1. The van der Waals surface area contributed by atoms with E-state index in [9.17, 15) is 33.6 Å². The fourth-order valence-electron chi connectivity index (χ4n) is 2.82. The molecule has 0 aromatic rings. The lowest BCUT2D eigenvalue weighted by Gasteiger charge is -2.25. The number of carboxylic acids is 1. The molecule has 0 aliphatic carbocycles. The Hall–Kier alpha value is -3.09. The second-order valence-corrected chi connectivity index (χ2v) is 9.36. The molecule has 38 heavy (non-hydrogen) atoms. The monoisotopic (exact) mass is 581 g/mol. The SMILES string of the molecule is CSCC[C@H](N)C(=O)N[C@@H](CC(N)=O)C(=O)N[C@@H](CCC(N)=O)C(=O)N[C@@H](CS)C(=O)N[C@@H](CO)C(=O)O. The lowest BCUT2D eigenvalue weighted by atomic mass is 10.1. The van der Waals surface area contributed by atoms with E-state index in [1.807, 2.05) is 11.6 Å². The summed E-state index contributed by atoms with van der Waals surface area (Å²) in [5, 5.41) is 26.9. The summed E-state index contributed by atoms with van der Waals surface area (Å²) < 4.78 is 0. The molecule has 0 fully saturated rings. The summed E-state index contributed by atoms with van der Waals surface area (Å²) in [7, 11) is 0. The van der Waals surface area contributed by atoms with E-state index in [-0.39, 0.29) is 25.0 Å². The second kappa shape index (κ2) is 18.2. The number of nitrogens with two attached hydrogens (primary N) is 3. The Morgan fingerprint density at radius 3 is 1.76 bits per heavy atom. The molecule has 12 N–H and O–H groups in total. The van der Waals surface area contributed by atoms with Crippen molar-refractivity contribution in [2.45, 2.75) is 55.9 Å². The molecule has 0 saturated carbocycles. The van der Waals surface area contributed by atoms with Crippen LogP contribution in [-0.2, 0) is 33.6 Å². The number of carboxylic acid groups (broad SMARTS) is 1. The molecule has 16 nitrogen and oxygen atoms in total. The van der Waals surface area contributed by atoms with Gasteiger partial charge in [-0.3, -0.25) is 28.8 Å². The molecule has 0 aromatic carbocycles. The number of hydrogen-bond acceptors (Lipinski definition) is 11. The molecule has 6 amide bonds. The highest BCUT2D eigenvalue weighted by molar-refractivity contribution is 7.98. The van der Waals surface area contributed by atoms with Crippen molar-refractivity contribution in [1.82, 2.24) is 21.3 Å². The molecule has 0 aromatic heterocycles. The van der Waals surface area contributed by atoms with Crippen LogP contribution in [0.3, 0.4) is 0 Å². The van der Waals surface area contributed by atoms with Gasteiger partial charge in [0, 0.05) is 12.2 Å². The summed E-state index contributed by atoms with van der Waals surface area (Å²) in [5.74, 6) is -6.73. The highest BCUT2D eigenvalue weighted by atomic mass is 32.2. The molecule has 0 radical (unpaired) electrons. The van der Waals surface area contributed by atoms with Gasteiger partial charge in [0.1, 0.15) is 24.2 Å². The maximum absolute atomic E-state index is 12.9. The third-order valence-corrected chi connectivity index (χ3v) is 5.94. The van der Waals surface area contributed by atoms with Gasteiger partial charge < -0.3 is 48.7 Å². The normalized spacial score (nSPS) is 14.6. The number of primary amides is 2. The van der Waals surface area contributed by atoms with Crippen LogP contribution in [0.15, 0.2) is 0 Å². The number of carbonyl (C=O) groups excluding carboxylic acids is 6. The number of thiol groups is 1. The smallest absolute Gasteiger partial charge is 0.328 e. The van der Waals surface area contributed by atoms with Gasteiger partial charge in [-0.25, -0.2) is 4.79 Å². The largest absolute Gasteiger partial charge is 0.480 e. The van der Waals surface area contributed by atoms with Gasteiger partial charge in [0.2, 0.25) is 35.4 Å². The number of nitrogens with one attached hydrogen (secondary N) is 4. The number of hydrogen-bond donors (Lipinski definition) is 10. The van der Waals surface area contributed by atoms with Crippen molar-refractivity contribution in [3.05, 3.63) is 0 Å². The number of thioether (sulfide) groups is 1. The zero-order valence-corrected chi connectivity index (χ0v) is 22.4. The fourth-order valence-corrected chi connectivity index (χ4v) is 3.56. The lowest BCUT2D eigenvalue weighted by molar-refractivity contribution is -0.143. The van der Waals surface area contributed by atoms with E-state index in [0.717, 1.165) is 0 Å². The Balaban J connectivity index is 5.65. The predicted molar refractivity (Wildman–Crippen MR) is 140 cm³/mol. The van der Waals surface area contributed by atoms with Crippen molar-refractivity contribution in [2.24, 2.45) is 17.2 Å². The predicted octanol–water partition coefficient (Wildman–Crippen LogP) is -4.85. The Kier molecular flexibility index (Phi) is 16.7. The van der Waals surface area contributed by atoms with Gasteiger partial charge in [0.25, 0.3) is 0 Å². The molecule has 0 unspecified atom stereocenters. The first-order chi connectivity index (χ1) is 17.8. The molecule has 0 rings (SSSR count). The summed E-state index contributed by atoms with van der Waals surface area (Å²) in [6.07, 6.45) is 0.773. The van der Waals surface area contributed by atoms with Crippen LogP contribution >= 0.6 is 24.4 Å². The van der Waals surface area contributed by atoms with Gasteiger partial charge in [-0.2, -0.15) is 24.4 Å². The highest BCUT2D eigenvalue weighted by Crippen LogP contribution is 2.04. The average molecular weight is 582 g/mol. The molecule has 0 saturated heterocycles. The second-order valence-electron chi connectivity index (χ2n) is 8.01. The number of aliphatic hydroxyl groups excluding tert-OH is 1. The van der Waals surface area contributed by atoms with Gasteiger partial charge in [0.05, 0.1) is 19.1 Å². The molecule has 0 aliphatic rings. The fraction of sp³-hybridized carbons (Fsp3) is 0.650. The Morgan fingerprint density at radius 2 is 1.29 bits per heavy atom. The molecule has 0 spiro atoms. The van der Waals surface area contributed by atoms with Crippen molar-refractivity contribution >= 4 is 65.8 Å². The Morgan fingerprint density at radius 1 is 0.789 bits per heavy atom. The molecule has 5 atom stereocenters. The minimum Gasteiger partial charge on any atom is -0.480 e. The molecule has 0 aliphatic heterocycles. The first-order valence-electron chi connectivity index (χ1n) is 11.2. The van der Waals surface area contributed by atoms with Gasteiger partial charge in [-0.1, -0.05) is 0 Å². The van der Waals surface area contributed by atoms with Crippen LogP contribution in [-0.4, -0.2) is 106 Å². The van der Waals surface area contributed by atoms with Crippen molar-refractivity contribution in [2.75, 3.05) is 24.4 Å². The van der Waals surface area contributed by atoms with Crippen molar-refractivity contribution in [1.29, 1.82) is 0 Å². The van der Waals surface area contributed by atoms with Crippen LogP contribution in [0, 0.1) is 0 Å². The van der Waals surface area contributed by atoms with Gasteiger partial charge in [-0.15, -0.1) is 0 Å². The van der Waals surface area contributed by atoms with Crippen LogP contribution in [0.2, 0.25) is 0 Å². The number of carbonyl (C=O) groups is 7. The molecular formula is C20H35N7O9S2. The zero-order chi connectivity index (χ0) is 29.4. The van der Waals surface area contributed by atoms with Crippen LogP contribution in [0.4, 0.5) is 0 Å². The average Bonchev–Trinajstić information content (AvgIpc) is 2.84. The van der Waals surface area contributed by atoms with E-state index in [1.54, 1.807) is 0 Å². The van der Waals surface area contributed by atoms with Crippen LogP contribution in [0.5, 0.6) is 0 Å². The van der Waals surface area contributed by atoms with Gasteiger partial charge in [-0.05, 0) is 24.9 Å². The highest BCUT2D eigenvalue weighted by Gasteiger charge is 2.32. The standard InChI is InChI=1S/C20H35N7O9S2/c1-38-5-4-9(21)16(31)25-11(6-15(23)30)18(33)24-10(2-3-14(22)29)17(32)27-13(8-37)19(34)26-12(7-28)20(35)36/h9-13,28,37H,2-8,21H2,1H3,(H2,22,29)(H2,23,30)(H,24,33)(H,25,31)(H,26,34)(H,27,32)(H,35,36)/t9-,10-,11-,12-,13-/m0/s1. The number of aliphatic hydroxyl groups is 1. The Bertz CT molecular complexity index is 878. The van der Waals surface area contributed by atoms with E-state index in [0.29, 0.717) is 5.75 Å². The van der Waals surface area contributed by atoms with E-state index in [2.05, 4.69) is 28.6 Å². The van der Waals surface area contributed by atoms with Crippen molar-refractivity contribution < 1.29 is 43.8 Å². The molecule has 18 heteroatoms. The first kappa shape index (κ1) is 34.9. The minimum atomic E-state index is -1.65. The molecular weight excluding hydrogens is 546 g/mol. The minimum absolute atomic E-state index is 0.285. The molecule has 216 valence electrons. The van der Waals surface area contributed by atoms with E-state index >= 15 is 0 Å². The Labute approximate surface area is 228 Å². The van der Waals surface area contributed by atoms with Crippen LogP contribution in [0.25, 0.3) is 0 Å². The topological polar surface area (TPSA) is 286 Å². The van der Waals surface area contributed by atoms with Crippen molar-refractivity contribution in [3.63, 3.8) is 0 Å². The van der Waals surface area contributed by atoms with E-state index < -0.39 is 84.6 Å². The summed E-state index contributed by atoms with van der Waals surface area (Å²) >= 11 is 5.39. The van der Waals surface area contributed by atoms with Gasteiger partial charge in [0.15, 0.2) is 0 Å². The summed E-state index contributed by atoms with van der Waals surface area (Å²) in [6, 6.07) is -7.01. The number of amides is 6. The lowest BCUT2D eigenvalue weighted by Crippen LogP contribution is -2.59. The molecule has 0 bridgehead atoms. The van der Waals surface area contributed by atoms with Crippen LogP contribution in [0.1, 0.15) is 25.7 Å². The third kappa shape index (κ3) is 13.5. The quantitative estimate of drug-likeness (QED) is 0.0645. The van der Waals surface area contributed by atoms with Crippen molar-refractivity contribution in [3.8, 4) is 0 Å². The summed E-state index contributed by atoms with van der Waals surface area (Å²) in [6.45, 7) is -0.917. The zero-order valence-electron chi connectivity index (χ0n) is 20.7. The summed E-state index contributed by atoms with van der Waals surface area (Å²) in [5.41, 5.74) is 16.1. The van der Waals surface area contributed by atoms with E-state index in [4.69, 9.17) is 27.4 Å². The van der Waals surface area contributed by atoms with Crippen LogP contribution < -0.4 is 38.5 Å². The summed E-state index contributed by atoms with van der Waals surface area (Å²) in [4.78, 5) is 84.3. The van der Waals surface area contributed by atoms with E-state index in [1.165, 1.54) is 11.8 Å². The van der Waals surface area contributed by atoms with Gasteiger partial charge >= 0.3 is 5.97 Å². The maximum atomic E-state index is 12.9. The third-order valence-electron chi connectivity index (χ3n) is 4.93.